The highest BCUT2D eigenvalue weighted by atomic mass is 16.4. The monoisotopic (exact) mass is 221 g/mol. The number of carbonyl (C=O) groups is 1. The summed E-state index contributed by atoms with van der Waals surface area (Å²) in [5, 5.41) is 8.98. The summed E-state index contributed by atoms with van der Waals surface area (Å²) in [5.41, 5.74) is 0.586. The number of aromatic carboxylic acids is 1. The molecule has 1 aromatic rings. The molecule has 1 aromatic heterocycles. The van der Waals surface area contributed by atoms with Gasteiger partial charge in [0.15, 0.2) is 5.89 Å². The van der Waals surface area contributed by atoms with E-state index in [-0.39, 0.29) is 5.76 Å². The van der Waals surface area contributed by atoms with Gasteiger partial charge in [0, 0.05) is 5.92 Å². The van der Waals surface area contributed by atoms with Crippen LogP contribution >= 0.6 is 0 Å². The second-order valence-corrected chi connectivity index (χ2v) is 4.91. The van der Waals surface area contributed by atoms with Gasteiger partial charge in [0.1, 0.15) is 0 Å². The molecule has 0 spiro atoms. The molecule has 0 bridgehead atoms. The first kappa shape index (κ1) is 9.87. The third-order valence-electron chi connectivity index (χ3n) is 3.84. The van der Waals surface area contributed by atoms with Crippen LogP contribution in [0.25, 0.3) is 0 Å². The molecule has 0 radical (unpaired) electrons. The highest BCUT2D eigenvalue weighted by Gasteiger charge is 2.47. The van der Waals surface area contributed by atoms with Gasteiger partial charge < -0.3 is 9.52 Å². The van der Waals surface area contributed by atoms with Gasteiger partial charge in [0.25, 0.3) is 0 Å². The number of carboxylic acids is 1. The van der Waals surface area contributed by atoms with Gasteiger partial charge in [-0.25, -0.2) is 9.78 Å². The van der Waals surface area contributed by atoms with Gasteiger partial charge in [-0.3, -0.25) is 0 Å². The van der Waals surface area contributed by atoms with E-state index in [1.165, 1.54) is 6.42 Å². The van der Waals surface area contributed by atoms with Gasteiger partial charge in [-0.15, -0.1) is 0 Å². The van der Waals surface area contributed by atoms with Crippen molar-refractivity contribution in [3.63, 3.8) is 0 Å². The van der Waals surface area contributed by atoms with Crippen LogP contribution in [0.3, 0.4) is 0 Å². The molecule has 3 rings (SSSR count). The quantitative estimate of drug-likeness (QED) is 0.851. The lowest BCUT2D eigenvalue weighted by atomic mass is 10.0. The molecule has 4 heteroatoms. The Morgan fingerprint density at radius 2 is 2.12 bits per heavy atom. The SMILES string of the molecule is CCc1nc(C2CC3CC3C2)oc1C(=O)O. The summed E-state index contributed by atoms with van der Waals surface area (Å²) < 4.78 is 5.41. The highest BCUT2D eigenvalue weighted by molar-refractivity contribution is 5.85. The van der Waals surface area contributed by atoms with E-state index >= 15 is 0 Å². The van der Waals surface area contributed by atoms with Crippen molar-refractivity contribution >= 4 is 5.97 Å². The Hall–Kier alpha value is -1.32. The standard InChI is InChI=1S/C12H15NO3/c1-2-9-10(12(14)15)16-11(13-9)8-4-6-3-7(6)5-8/h6-8H,2-5H2,1H3,(H,14,15). The van der Waals surface area contributed by atoms with Crippen molar-refractivity contribution in [2.75, 3.05) is 0 Å². The average molecular weight is 221 g/mol. The van der Waals surface area contributed by atoms with Crippen LogP contribution in [0.2, 0.25) is 0 Å². The fourth-order valence-corrected chi connectivity index (χ4v) is 2.87. The molecule has 16 heavy (non-hydrogen) atoms. The van der Waals surface area contributed by atoms with Crippen LogP contribution in [-0.2, 0) is 6.42 Å². The van der Waals surface area contributed by atoms with Crippen molar-refractivity contribution in [3.8, 4) is 0 Å². The number of aryl methyl sites for hydroxylation is 1. The fourth-order valence-electron chi connectivity index (χ4n) is 2.87. The number of hydrogen-bond donors (Lipinski definition) is 1. The molecule has 0 saturated heterocycles. The van der Waals surface area contributed by atoms with Crippen molar-refractivity contribution in [1.29, 1.82) is 0 Å². The lowest BCUT2D eigenvalue weighted by molar-refractivity contribution is 0.0658. The lowest BCUT2D eigenvalue weighted by Crippen LogP contribution is -1.98. The Kier molecular flexibility index (Phi) is 2.06. The molecule has 2 saturated carbocycles. The molecule has 2 unspecified atom stereocenters. The van der Waals surface area contributed by atoms with E-state index in [4.69, 9.17) is 9.52 Å². The summed E-state index contributed by atoms with van der Waals surface area (Å²) in [4.78, 5) is 15.3. The smallest absolute Gasteiger partial charge is 0.373 e. The van der Waals surface area contributed by atoms with Gasteiger partial charge in [-0.05, 0) is 37.5 Å². The fraction of sp³-hybridized carbons (Fsp3) is 0.667. The van der Waals surface area contributed by atoms with E-state index in [1.807, 2.05) is 6.92 Å². The number of nitrogens with zero attached hydrogens (tertiary/aromatic N) is 1. The Labute approximate surface area is 93.7 Å². The van der Waals surface area contributed by atoms with E-state index in [9.17, 15) is 4.79 Å². The Bertz CT molecular complexity index is 427. The molecule has 2 aliphatic rings. The van der Waals surface area contributed by atoms with Crippen LogP contribution < -0.4 is 0 Å². The van der Waals surface area contributed by atoms with Crippen LogP contribution in [0.4, 0.5) is 0 Å². The Balaban J connectivity index is 1.87. The van der Waals surface area contributed by atoms with Crippen molar-refractivity contribution in [3.05, 3.63) is 17.3 Å². The average Bonchev–Trinajstić information content (AvgIpc) is 2.75. The van der Waals surface area contributed by atoms with Crippen molar-refractivity contribution in [1.82, 2.24) is 4.98 Å². The summed E-state index contributed by atoms with van der Waals surface area (Å²) in [6.07, 6.45) is 4.23. The first-order chi connectivity index (χ1) is 7.69. The molecule has 2 aliphatic carbocycles. The lowest BCUT2D eigenvalue weighted by Gasteiger charge is -2.05. The first-order valence-electron chi connectivity index (χ1n) is 5.92. The predicted octanol–water partition coefficient (Wildman–Crippen LogP) is 2.45. The highest BCUT2D eigenvalue weighted by Crippen LogP contribution is 2.57. The predicted molar refractivity (Wildman–Crippen MR) is 56.4 cm³/mol. The van der Waals surface area contributed by atoms with Gasteiger partial charge >= 0.3 is 5.97 Å². The van der Waals surface area contributed by atoms with Crippen LogP contribution in [0.5, 0.6) is 0 Å². The molecular weight excluding hydrogens is 206 g/mol. The summed E-state index contributed by atoms with van der Waals surface area (Å²) >= 11 is 0. The van der Waals surface area contributed by atoms with Crippen LogP contribution in [0.1, 0.15) is 54.2 Å². The van der Waals surface area contributed by atoms with E-state index in [1.54, 1.807) is 0 Å². The maximum atomic E-state index is 10.9. The van der Waals surface area contributed by atoms with E-state index in [2.05, 4.69) is 4.98 Å². The first-order valence-corrected chi connectivity index (χ1v) is 5.92. The van der Waals surface area contributed by atoms with E-state index in [0.717, 1.165) is 24.7 Å². The summed E-state index contributed by atoms with van der Waals surface area (Å²) in [6, 6.07) is 0. The van der Waals surface area contributed by atoms with Gasteiger partial charge in [0.05, 0.1) is 5.69 Å². The maximum absolute atomic E-state index is 10.9. The third kappa shape index (κ3) is 1.44. The number of aromatic nitrogens is 1. The minimum atomic E-state index is -1.00. The van der Waals surface area contributed by atoms with Crippen molar-refractivity contribution in [2.45, 2.75) is 38.5 Å². The molecule has 4 nitrogen and oxygen atoms in total. The number of fused-ring (bicyclic) bond motifs is 1. The molecule has 0 aromatic carbocycles. The normalized spacial score (nSPS) is 31.4. The number of hydrogen-bond acceptors (Lipinski definition) is 3. The largest absolute Gasteiger partial charge is 0.475 e. The molecule has 86 valence electrons. The maximum Gasteiger partial charge on any atom is 0.373 e. The zero-order valence-electron chi connectivity index (χ0n) is 9.27. The topological polar surface area (TPSA) is 63.3 Å². The van der Waals surface area contributed by atoms with Crippen LogP contribution in [0, 0.1) is 11.8 Å². The van der Waals surface area contributed by atoms with E-state index < -0.39 is 5.97 Å². The summed E-state index contributed by atoms with van der Waals surface area (Å²) in [6.45, 7) is 1.90. The molecule has 1 N–H and O–H groups in total. The molecule has 0 amide bonds. The summed E-state index contributed by atoms with van der Waals surface area (Å²) in [7, 11) is 0. The second kappa shape index (κ2) is 3.34. The zero-order valence-corrected chi connectivity index (χ0v) is 9.27. The summed E-state index contributed by atoms with van der Waals surface area (Å²) in [5.74, 6) is 1.77. The Morgan fingerprint density at radius 1 is 1.44 bits per heavy atom. The van der Waals surface area contributed by atoms with E-state index in [0.29, 0.717) is 23.9 Å². The van der Waals surface area contributed by atoms with Crippen LogP contribution in [-0.4, -0.2) is 16.1 Å². The number of oxazole rings is 1. The molecule has 2 atom stereocenters. The second-order valence-electron chi connectivity index (χ2n) is 4.91. The molecule has 2 fully saturated rings. The van der Waals surface area contributed by atoms with Crippen LogP contribution in [0.15, 0.2) is 4.42 Å². The minimum Gasteiger partial charge on any atom is -0.475 e. The van der Waals surface area contributed by atoms with Gasteiger partial charge in [-0.2, -0.15) is 0 Å². The number of carboxylic acid groups (broad SMARTS) is 1. The number of rotatable bonds is 3. The molecular formula is C12H15NO3. The zero-order chi connectivity index (χ0) is 11.3. The molecule has 1 heterocycles. The third-order valence-corrected chi connectivity index (χ3v) is 3.84. The van der Waals surface area contributed by atoms with Gasteiger partial charge in [-0.1, -0.05) is 6.92 Å². The van der Waals surface area contributed by atoms with Gasteiger partial charge in [0.2, 0.25) is 5.76 Å². The van der Waals surface area contributed by atoms with Crippen molar-refractivity contribution in [2.24, 2.45) is 11.8 Å². The Morgan fingerprint density at radius 3 is 2.62 bits per heavy atom. The minimum absolute atomic E-state index is 0.0399. The molecule has 0 aliphatic heterocycles. The van der Waals surface area contributed by atoms with Crippen molar-refractivity contribution < 1.29 is 14.3 Å².